The Morgan fingerprint density at radius 2 is 1.65 bits per heavy atom. The number of aliphatic hydroxyl groups excluding tert-OH is 2. The lowest BCUT2D eigenvalue weighted by Gasteiger charge is -2.62. The zero-order valence-electron chi connectivity index (χ0n) is 20.6. The van der Waals surface area contributed by atoms with Crippen LogP contribution in [-0.2, 0) is 0 Å². The molecule has 2 unspecified atom stereocenters. The van der Waals surface area contributed by atoms with Crippen LogP contribution in [0.5, 0.6) is 0 Å². The predicted octanol–water partition coefficient (Wildman–Crippen LogP) is 5.50. The van der Waals surface area contributed by atoms with Crippen molar-refractivity contribution in [3.05, 3.63) is 23.8 Å². The number of rotatable bonds is 4. The second-order valence-corrected chi connectivity index (χ2v) is 12.5. The van der Waals surface area contributed by atoms with Gasteiger partial charge in [0.2, 0.25) is 0 Å². The molecule has 0 aromatic rings. The summed E-state index contributed by atoms with van der Waals surface area (Å²) in [6, 6.07) is 0. The van der Waals surface area contributed by atoms with E-state index in [1.54, 1.807) is 0 Å². The van der Waals surface area contributed by atoms with E-state index >= 15 is 0 Å². The second-order valence-electron chi connectivity index (χ2n) is 12.5. The number of hydrogen-bond donors (Lipinski definition) is 3. The van der Waals surface area contributed by atoms with Gasteiger partial charge in [-0.15, -0.1) is 0 Å². The highest BCUT2D eigenvalue weighted by atomic mass is 16.3. The maximum Gasteiger partial charge on any atom is 0.102 e. The summed E-state index contributed by atoms with van der Waals surface area (Å²) in [7, 11) is 0. The van der Waals surface area contributed by atoms with Gasteiger partial charge in [0.1, 0.15) is 11.7 Å². The maximum absolute atomic E-state index is 11.6. The lowest BCUT2D eigenvalue weighted by atomic mass is 9.45. The van der Waals surface area contributed by atoms with Crippen LogP contribution in [-0.4, -0.2) is 33.1 Å². The summed E-state index contributed by atoms with van der Waals surface area (Å²) in [5.74, 6) is 3.37. The molecule has 0 saturated heterocycles. The first-order chi connectivity index (χ1) is 14.4. The Hall–Kier alpha value is -0.640. The molecule has 3 saturated carbocycles. The van der Waals surface area contributed by atoms with Crippen molar-refractivity contribution < 1.29 is 15.3 Å². The largest absolute Gasteiger partial charge is 0.393 e. The standard InChI is InChI=1S/C28H46O3/c1-17(2)18(3)7-8-19(4)22-9-10-23-21-15-25(30)28(31)16-20(29)11-14-27(28,6)24(21)12-13-26(22,23)5/h7-8,15,17-20,22-25,29-31H,9-14,16H2,1-6H3/b8-7+/t18-,19+,20-,22+,23?,24?,25+,26+,27+,28-/m0/s1. The van der Waals surface area contributed by atoms with E-state index in [4.69, 9.17) is 0 Å². The summed E-state index contributed by atoms with van der Waals surface area (Å²) in [5, 5.41) is 32.9. The molecule has 0 heterocycles. The molecule has 31 heavy (non-hydrogen) atoms. The van der Waals surface area contributed by atoms with Crippen LogP contribution in [0.3, 0.4) is 0 Å². The van der Waals surface area contributed by atoms with Gasteiger partial charge >= 0.3 is 0 Å². The van der Waals surface area contributed by atoms with Crippen molar-refractivity contribution in [3.8, 4) is 0 Å². The van der Waals surface area contributed by atoms with Gasteiger partial charge < -0.3 is 15.3 Å². The monoisotopic (exact) mass is 430 g/mol. The summed E-state index contributed by atoms with van der Waals surface area (Å²) >= 11 is 0. The van der Waals surface area contributed by atoms with Gasteiger partial charge in [-0.1, -0.05) is 65.3 Å². The van der Waals surface area contributed by atoms with E-state index in [0.29, 0.717) is 41.9 Å². The molecule has 4 aliphatic carbocycles. The third kappa shape index (κ3) is 3.49. The van der Waals surface area contributed by atoms with Crippen molar-refractivity contribution in [3.63, 3.8) is 0 Å². The van der Waals surface area contributed by atoms with Crippen molar-refractivity contribution in [2.24, 2.45) is 46.3 Å². The molecule has 176 valence electrons. The topological polar surface area (TPSA) is 60.7 Å². The summed E-state index contributed by atoms with van der Waals surface area (Å²) in [6.45, 7) is 14.0. The van der Waals surface area contributed by atoms with E-state index in [0.717, 1.165) is 19.3 Å². The molecule has 3 N–H and O–H groups in total. The predicted molar refractivity (Wildman–Crippen MR) is 126 cm³/mol. The highest BCUT2D eigenvalue weighted by molar-refractivity contribution is 5.33. The fraction of sp³-hybridized carbons (Fsp3) is 0.857. The quantitative estimate of drug-likeness (QED) is 0.516. The Bertz CT molecular complexity index is 741. The Morgan fingerprint density at radius 1 is 0.935 bits per heavy atom. The van der Waals surface area contributed by atoms with Gasteiger partial charge in [0.05, 0.1) is 6.10 Å². The molecular formula is C28H46O3. The number of hydrogen-bond acceptors (Lipinski definition) is 3. The third-order valence-corrected chi connectivity index (χ3v) is 10.7. The van der Waals surface area contributed by atoms with Gasteiger partial charge in [0.25, 0.3) is 0 Å². The number of fused-ring (bicyclic) bond motifs is 5. The molecule has 0 aliphatic heterocycles. The van der Waals surface area contributed by atoms with Gasteiger partial charge in [0, 0.05) is 11.8 Å². The molecule has 0 bridgehead atoms. The van der Waals surface area contributed by atoms with Gasteiger partial charge in [-0.3, -0.25) is 0 Å². The molecule has 4 aliphatic rings. The third-order valence-electron chi connectivity index (χ3n) is 10.7. The average molecular weight is 431 g/mol. The van der Waals surface area contributed by atoms with E-state index in [-0.39, 0.29) is 10.8 Å². The first-order valence-electron chi connectivity index (χ1n) is 12.9. The SMILES string of the molecule is CC(C)[C@@H](C)/C=C/[C@@H](C)[C@H]1CCC2C3=C[C@@H](O)[C@@]4(O)C[C@@H](O)CC[C@]4(C)C3CC[C@@]21C. The minimum absolute atomic E-state index is 0.271. The second kappa shape index (κ2) is 7.99. The minimum atomic E-state index is -1.20. The van der Waals surface area contributed by atoms with E-state index in [9.17, 15) is 15.3 Å². The molecule has 3 fully saturated rings. The van der Waals surface area contributed by atoms with Gasteiger partial charge in [-0.2, -0.15) is 0 Å². The summed E-state index contributed by atoms with van der Waals surface area (Å²) in [6.07, 6.45) is 12.1. The fourth-order valence-corrected chi connectivity index (χ4v) is 8.16. The molecule has 3 nitrogen and oxygen atoms in total. The van der Waals surface area contributed by atoms with Crippen molar-refractivity contribution in [1.29, 1.82) is 0 Å². The van der Waals surface area contributed by atoms with E-state index in [2.05, 4.69) is 53.7 Å². The van der Waals surface area contributed by atoms with E-state index in [1.165, 1.54) is 24.8 Å². The number of allylic oxidation sites excluding steroid dienone is 3. The van der Waals surface area contributed by atoms with Crippen molar-refractivity contribution in [2.75, 3.05) is 0 Å². The van der Waals surface area contributed by atoms with Crippen LogP contribution in [0, 0.1) is 46.3 Å². The molecule has 0 spiro atoms. The number of aliphatic hydroxyl groups is 3. The van der Waals surface area contributed by atoms with Gasteiger partial charge in [-0.05, 0) is 79.4 Å². The minimum Gasteiger partial charge on any atom is -0.393 e. The maximum atomic E-state index is 11.6. The lowest BCUT2D eigenvalue weighted by Crippen LogP contribution is -2.65. The van der Waals surface area contributed by atoms with E-state index in [1.807, 2.05) is 6.08 Å². The van der Waals surface area contributed by atoms with Crippen LogP contribution in [0.4, 0.5) is 0 Å². The fourth-order valence-electron chi connectivity index (χ4n) is 8.16. The Kier molecular flexibility index (Phi) is 6.06. The van der Waals surface area contributed by atoms with Crippen LogP contribution >= 0.6 is 0 Å². The Morgan fingerprint density at radius 3 is 2.32 bits per heavy atom. The van der Waals surface area contributed by atoms with Crippen LogP contribution in [0.2, 0.25) is 0 Å². The first kappa shape index (κ1) is 23.5. The van der Waals surface area contributed by atoms with Gasteiger partial charge in [0.15, 0.2) is 0 Å². The zero-order chi connectivity index (χ0) is 22.8. The zero-order valence-corrected chi connectivity index (χ0v) is 20.6. The highest BCUT2D eigenvalue weighted by Gasteiger charge is 2.64. The Labute approximate surface area is 190 Å². The lowest BCUT2D eigenvalue weighted by molar-refractivity contribution is -0.210. The summed E-state index contributed by atoms with van der Waals surface area (Å²) in [4.78, 5) is 0. The normalized spacial score (nSPS) is 49.4. The van der Waals surface area contributed by atoms with Gasteiger partial charge in [-0.25, -0.2) is 0 Å². The molecule has 0 aromatic heterocycles. The van der Waals surface area contributed by atoms with Crippen molar-refractivity contribution in [1.82, 2.24) is 0 Å². The molecule has 0 radical (unpaired) electrons. The molecule has 0 amide bonds. The van der Waals surface area contributed by atoms with Crippen molar-refractivity contribution >= 4 is 0 Å². The molecular weight excluding hydrogens is 384 g/mol. The molecule has 4 rings (SSSR count). The molecule has 3 heteroatoms. The first-order valence-corrected chi connectivity index (χ1v) is 12.9. The van der Waals surface area contributed by atoms with Crippen LogP contribution in [0.1, 0.15) is 86.5 Å². The highest BCUT2D eigenvalue weighted by Crippen LogP contribution is 2.67. The van der Waals surface area contributed by atoms with E-state index < -0.39 is 17.8 Å². The van der Waals surface area contributed by atoms with Crippen LogP contribution < -0.4 is 0 Å². The Balaban J connectivity index is 1.61. The smallest absolute Gasteiger partial charge is 0.102 e. The summed E-state index contributed by atoms with van der Waals surface area (Å²) < 4.78 is 0. The van der Waals surface area contributed by atoms with Crippen molar-refractivity contribution in [2.45, 2.75) is 104 Å². The average Bonchev–Trinajstić information content (AvgIpc) is 3.05. The molecule has 10 atom stereocenters. The van der Waals surface area contributed by atoms with Crippen LogP contribution in [0.15, 0.2) is 23.8 Å². The molecule has 0 aromatic carbocycles. The summed E-state index contributed by atoms with van der Waals surface area (Å²) in [5.41, 5.74) is 0.160. The van der Waals surface area contributed by atoms with Crippen LogP contribution in [0.25, 0.3) is 0 Å².